The smallest absolute Gasteiger partial charge is 0.426 e. The van der Waals surface area contributed by atoms with Crippen LogP contribution in [0.2, 0.25) is 0 Å². The third kappa shape index (κ3) is 35.2. The Morgan fingerprint density at radius 1 is 0.250 bits per heavy atom. The number of fused-ring (bicyclic) bond motifs is 2. The minimum atomic E-state index is -0.922. The van der Waals surface area contributed by atoms with Gasteiger partial charge in [0.25, 0.3) is 0 Å². The van der Waals surface area contributed by atoms with Gasteiger partial charge in [-0.05, 0) is 303 Å². The summed E-state index contributed by atoms with van der Waals surface area (Å²) in [5.74, 6) is 0.656. The van der Waals surface area contributed by atoms with E-state index in [2.05, 4.69) is 196 Å². The van der Waals surface area contributed by atoms with Crippen LogP contribution in [0.5, 0.6) is 23.0 Å². The van der Waals surface area contributed by atoms with Crippen molar-refractivity contribution >= 4 is 39.6 Å². The highest BCUT2D eigenvalue weighted by atomic mass is 16.7. The van der Waals surface area contributed by atoms with Crippen LogP contribution in [0.25, 0.3) is 21.5 Å². The number of hydrogen-bond acceptors (Lipinski definition) is 7. The second-order valence-corrected chi connectivity index (χ2v) is 30.3. The van der Waals surface area contributed by atoms with Gasteiger partial charge in [0.2, 0.25) is 0 Å². The highest BCUT2D eigenvalue weighted by molar-refractivity contribution is 6.00. The van der Waals surface area contributed by atoms with Gasteiger partial charge in [0.1, 0.15) is 23.0 Å². The molecule has 0 unspecified atom stereocenters. The zero-order valence-electron chi connectivity index (χ0n) is 68.4. The van der Waals surface area contributed by atoms with E-state index in [1.807, 2.05) is 62.4 Å². The Bertz CT molecular complexity index is 3690. The van der Waals surface area contributed by atoms with E-state index in [9.17, 15) is 14.4 Å². The first-order valence-electron chi connectivity index (χ1n) is 39.1. The van der Waals surface area contributed by atoms with Crippen molar-refractivity contribution in [3.8, 4) is 23.0 Å². The largest absolute Gasteiger partial charge is 0.519 e. The molecule has 4 aromatic carbocycles. The Balaban J connectivity index is 1.37. The topological polar surface area (TPSA) is 88.1 Å². The molecule has 0 amide bonds. The van der Waals surface area contributed by atoms with Crippen molar-refractivity contribution in [2.24, 2.45) is 0 Å². The van der Waals surface area contributed by atoms with Crippen LogP contribution in [0, 0.1) is 13.8 Å². The molecule has 7 heteroatoms. The lowest BCUT2D eigenvalue weighted by Crippen LogP contribution is -2.17. The van der Waals surface area contributed by atoms with Crippen molar-refractivity contribution in [3.63, 3.8) is 0 Å². The molecule has 7 nitrogen and oxygen atoms in total. The first-order chi connectivity index (χ1) is 49.6. The SMILES string of the molecule is CC(=O)Oc1c(C/C=C(\C)CC/C=C(\C)CC/C=C(\C)CC/C=C(\C)CC/C=C(\C)CC/C=C(\C)CCC=C(C)C)c(C)c(OC(=O)Oc2c(C)c(C/C=C(\C)CC/C=C(\C)CC/C=C(\C)CC/C=C(\C)CC/C=C(\C)CC/C=C(\C)CCC=C(C)C)c(OC(C)=O)c3ccccc23)c2ccccc12. The first kappa shape index (κ1) is 88.4. The van der Waals surface area contributed by atoms with Crippen LogP contribution in [-0.4, -0.2) is 18.1 Å². The molecule has 0 aromatic heterocycles. The molecule has 0 aliphatic carbocycles. The number of carbonyl (C=O) groups is 3. The second kappa shape index (κ2) is 48.9. The van der Waals surface area contributed by atoms with Crippen LogP contribution in [0.4, 0.5) is 4.79 Å². The van der Waals surface area contributed by atoms with Gasteiger partial charge in [0.15, 0.2) is 0 Å². The summed E-state index contributed by atoms with van der Waals surface area (Å²) in [4.78, 5) is 40.0. The summed E-state index contributed by atoms with van der Waals surface area (Å²) < 4.78 is 24.7. The van der Waals surface area contributed by atoms with Gasteiger partial charge < -0.3 is 18.9 Å². The van der Waals surface area contributed by atoms with Crippen LogP contribution in [0.15, 0.2) is 212 Å². The Morgan fingerprint density at radius 3 is 0.625 bits per heavy atom. The zero-order chi connectivity index (χ0) is 76.5. The zero-order valence-corrected chi connectivity index (χ0v) is 68.4. The summed E-state index contributed by atoms with van der Waals surface area (Å²) in [6, 6.07) is 15.0. The molecule has 0 spiro atoms. The number of allylic oxidation sites excluding steroid dienone is 28. The molecule has 0 saturated carbocycles. The van der Waals surface area contributed by atoms with Crippen LogP contribution in [0.1, 0.15) is 301 Å². The highest BCUT2D eigenvalue weighted by Crippen LogP contribution is 2.44. The van der Waals surface area contributed by atoms with E-state index in [1.54, 1.807) is 0 Å². The van der Waals surface area contributed by atoms with E-state index < -0.39 is 18.1 Å². The standard InChI is InChI=1S/C97H134O7/c1-69(2)37-25-39-71(5)41-27-43-73(7)45-29-47-75(9)49-31-51-77(11)53-33-55-79(13)57-35-59-81(15)65-67-87-83(17)93(89-61-21-23-63-91(89)95(87)101-85(19)98)103-97(100)104-94-84(18)88(96(102-86(20)99)92-64-24-22-62-90(92)94)68-66-82(16)60-36-58-80(14)56-34-54-78(12)52-32-50-76(10)48-30-46-74(8)44-28-42-72(6)40-26-38-70(3)4/h21-24,37-38,41-42,45-46,49-50,53-54,57-58,61-66H,25-36,39-40,43-44,47-48,51-52,55-56,59-60,67-68H2,1-20H3/b71-41+,72-42+,73-45+,74-46+,75-49+,76-50+,77-53+,78-54+,79-57+,80-58+,81-65+,82-66+. The van der Waals surface area contributed by atoms with Gasteiger partial charge in [0, 0.05) is 46.5 Å². The van der Waals surface area contributed by atoms with Gasteiger partial charge in [-0.1, -0.05) is 212 Å². The molecule has 564 valence electrons. The molecule has 0 bridgehead atoms. The molecule has 0 N–H and O–H groups in total. The van der Waals surface area contributed by atoms with Gasteiger partial charge in [-0.25, -0.2) is 4.79 Å². The van der Waals surface area contributed by atoms with E-state index >= 15 is 0 Å². The molecule has 0 aliphatic heterocycles. The average molecular weight is 1410 g/mol. The van der Waals surface area contributed by atoms with Crippen LogP contribution < -0.4 is 18.9 Å². The molecule has 0 atom stereocenters. The van der Waals surface area contributed by atoms with Crippen molar-refractivity contribution in [2.75, 3.05) is 0 Å². The average Bonchev–Trinajstić information content (AvgIpc) is 0.767. The van der Waals surface area contributed by atoms with Crippen molar-refractivity contribution in [2.45, 2.75) is 305 Å². The lowest BCUT2D eigenvalue weighted by Gasteiger charge is -2.21. The van der Waals surface area contributed by atoms with Gasteiger partial charge >= 0.3 is 18.1 Å². The highest BCUT2D eigenvalue weighted by Gasteiger charge is 2.26. The maximum absolute atomic E-state index is 14.5. The van der Waals surface area contributed by atoms with E-state index in [-0.39, 0.29) is 0 Å². The third-order valence-corrected chi connectivity index (χ3v) is 19.6. The maximum atomic E-state index is 14.5. The maximum Gasteiger partial charge on any atom is 0.519 e. The second-order valence-electron chi connectivity index (χ2n) is 30.3. The van der Waals surface area contributed by atoms with Crippen LogP contribution >= 0.6 is 0 Å². The molecular formula is C97H134O7. The fourth-order valence-electron chi connectivity index (χ4n) is 13.0. The lowest BCUT2D eigenvalue weighted by atomic mass is 9.95. The number of ether oxygens (including phenoxy) is 4. The number of esters is 2. The summed E-state index contributed by atoms with van der Waals surface area (Å²) in [5, 5.41) is 2.50. The predicted molar refractivity (Wildman–Crippen MR) is 449 cm³/mol. The van der Waals surface area contributed by atoms with Crippen LogP contribution in [-0.2, 0) is 22.4 Å². The molecule has 0 radical (unpaired) electrons. The molecule has 104 heavy (non-hydrogen) atoms. The lowest BCUT2D eigenvalue weighted by molar-refractivity contribution is -0.132. The van der Waals surface area contributed by atoms with Gasteiger partial charge in [-0.2, -0.15) is 0 Å². The number of benzene rings is 4. The summed E-state index contributed by atoms with van der Waals surface area (Å²) >= 11 is 0. The molecule has 0 saturated heterocycles. The Kier molecular flexibility index (Phi) is 41.5. The minimum absolute atomic E-state index is 0.323. The quantitative estimate of drug-likeness (QED) is 0.0189. The molecule has 0 heterocycles. The summed E-state index contributed by atoms with van der Waals surface area (Å²) in [5.41, 5.74) is 22.6. The minimum Gasteiger partial charge on any atom is -0.426 e. The van der Waals surface area contributed by atoms with Crippen molar-refractivity contribution in [3.05, 3.63) is 234 Å². The van der Waals surface area contributed by atoms with E-state index in [1.165, 1.54) is 91.9 Å². The molecule has 0 aliphatic rings. The van der Waals surface area contributed by atoms with Crippen molar-refractivity contribution in [1.82, 2.24) is 0 Å². The third-order valence-electron chi connectivity index (χ3n) is 19.6. The fourth-order valence-corrected chi connectivity index (χ4v) is 13.0. The normalized spacial score (nSPS) is 13.7. The number of hydrogen-bond donors (Lipinski definition) is 0. The van der Waals surface area contributed by atoms with E-state index in [0.29, 0.717) is 68.5 Å². The Labute approximate surface area is 631 Å². The van der Waals surface area contributed by atoms with Crippen molar-refractivity contribution in [1.29, 1.82) is 0 Å². The Hall–Kier alpha value is -8.03. The first-order valence-corrected chi connectivity index (χ1v) is 39.1. The fraction of sp³-hybridized carbons (Fsp3) is 0.474. The van der Waals surface area contributed by atoms with Gasteiger partial charge in [-0.3, -0.25) is 9.59 Å². The predicted octanol–water partition coefficient (Wildman–Crippen LogP) is 29.8. The van der Waals surface area contributed by atoms with Gasteiger partial charge in [0.05, 0.1) is 0 Å². The van der Waals surface area contributed by atoms with Crippen LogP contribution in [0.3, 0.4) is 0 Å². The van der Waals surface area contributed by atoms with E-state index in [0.717, 1.165) is 165 Å². The molecule has 0 fully saturated rings. The summed E-state index contributed by atoms with van der Waals surface area (Å²) in [7, 11) is 0. The van der Waals surface area contributed by atoms with E-state index in [4.69, 9.17) is 18.9 Å². The van der Waals surface area contributed by atoms with Gasteiger partial charge in [-0.15, -0.1) is 0 Å². The summed E-state index contributed by atoms with van der Waals surface area (Å²) in [6.45, 7) is 42.2. The monoisotopic (exact) mass is 1410 g/mol. The molecule has 4 aromatic rings. The summed E-state index contributed by atoms with van der Waals surface area (Å²) in [6.07, 6.45) is 58.7. The molecule has 4 rings (SSSR count). The van der Waals surface area contributed by atoms with Crippen molar-refractivity contribution < 1.29 is 33.3 Å². The molecular weight excluding hydrogens is 1280 g/mol. The Morgan fingerprint density at radius 2 is 0.433 bits per heavy atom. The number of rotatable bonds is 44. The number of carbonyl (C=O) groups excluding carboxylic acids is 3.